The summed E-state index contributed by atoms with van der Waals surface area (Å²) in [6.07, 6.45) is 2.00. The average molecular weight is 264 g/mol. The summed E-state index contributed by atoms with van der Waals surface area (Å²) in [5.74, 6) is 0.129. The minimum atomic E-state index is 0.129. The molecule has 1 amide bonds. The molecule has 4 nitrogen and oxygen atoms in total. The van der Waals surface area contributed by atoms with Gasteiger partial charge in [-0.3, -0.25) is 4.79 Å². The van der Waals surface area contributed by atoms with Gasteiger partial charge in [-0.1, -0.05) is 30.3 Å². The highest BCUT2D eigenvalue weighted by atomic mass is 16.5. The Kier molecular flexibility index (Phi) is 7.86. The summed E-state index contributed by atoms with van der Waals surface area (Å²) in [7, 11) is 3.50. The lowest BCUT2D eigenvalue weighted by atomic mass is 10.1. The van der Waals surface area contributed by atoms with Gasteiger partial charge in [0.2, 0.25) is 5.91 Å². The number of likely N-dealkylation sites (N-methyl/N-ethyl adjacent to an activating group) is 1. The van der Waals surface area contributed by atoms with Crippen LogP contribution in [0.2, 0.25) is 0 Å². The Morgan fingerprint density at radius 3 is 2.74 bits per heavy atom. The molecule has 0 fully saturated rings. The summed E-state index contributed by atoms with van der Waals surface area (Å²) in [4.78, 5) is 13.6. The maximum atomic E-state index is 11.8. The fourth-order valence-corrected chi connectivity index (χ4v) is 1.79. The summed E-state index contributed by atoms with van der Waals surface area (Å²) in [5.41, 5.74) is 1.32. The van der Waals surface area contributed by atoms with E-state index in [0.717, 1.165) is 19.4 Å². The van der Waals surface area contributed by atoms with Gasteiger partial charge in [-0.25, -0.2) is 0 Å². The lowest BCUT2D eigenvalue weighted by molar-refractivity contribution is -0.129. The molecule has 0 spiro atoms. The molecule has 106 valence electrons. The van der Waals surface area contributed by atoms with E-state index in [0.29, 0.717) is 19.7 Å². The molecule has 0 saturated heterocycles. The van der Waals surface area contributed by atoms with E-state index in [9.17, 15) is 4.79 Å². The zero-order chi connectivity index (χ0) is 13.9. The third kappa shape index (κ3) is 6.94. The zero-order valence-electron chi connectivity index (χ0n) is 11.9. The summed E-state index contributed by atoms with van der Waals surface area (Å²) in [6, 6.07) is 10.3. The third-order valence-corrected chi connectivity index (χ3v) is 2.99. The lowest BCUT2D eigenvalue weighted by Crippen LogP contribution is -2.37. The first kappa shape index (κ1) is 15.7. The van der Waals surface area contributed by atoms with Crippen LogP contribution in [0.1, 0.15) is 12.0 Å². The van der Waals surface area contributed by atoms with Crippen LogP contribution in [-0.2, 0) is 16.0 Å². The number of amides is 1. The van der Waals surface area contributed by atoms with Crippen molar-refractivity contribution in [1.29, 1.82) is 0 Å². The molecule has 0 aromatic heterocycles. The smallest absolute Gasteiger partial charge is 0.236 e. The van der Waals surface area contributed by atoms with E-state index < -0.39 is 0 Å². The van der Waals surface area contributed by atoms with E-state index in [1.807, 2.05) is 25.2 Å². The van der Waals surface area contributed by atoms with Gasteiger partial charge in [-0.2, -0.15) is 0 Å². The molecular formula is C15H24N2O2. The van der Waals surface area contributed by atoms with Crippen LogP contribution in [0.4, 0.5) is 0 Å². The number of aryl methyl sites for hydroxylation is 1. The van der Waals surface area contributed by atoms with Gasteiger partial charge < -0.3 is 15.0 Å². The number of nitrogens with zero attached hydrogens (tertiary/aromatic N) is 1. The summed E-state index contributed by atoms with van der Waals surface area (Å²) < 4.78 is 4.91. The predicted molar refractivity (Wildman–Crippen MR) is 77.1 cm³/mol. The van der Waals surface area contributed by atoms with Crippen molar-refractivity contribution >= 4 is 5.91 Å². The molecule has 0 saturated carbocycles. The van der Waals surface area contributed by atoms with E-state index >= 15 is 0 Å². The van der Waals surface area contributed by atoms with Crippen LogP contribution in [-0.4, -0.2) is 51.2 Å². The van der Waals surface area contributed by atoms with Crippen molar-refractivity contribution in [2.75, 3.05) is 40.4 Å². The Morgan fingerprint density at radius 2 is 2.05 bits per heavy atom. The molecule has 1 N–H and O–H groups in total. The highest BCUT2D eigenvalue weighted by molar-refractivity contribution is 5.77. The van der Waals surface area contributed by atoms with Crippen LogP contribution in [0.15, 0.2) is 30.3 Å². The van der Waals surface area contributed by atoms with Crippen LogP contribution >= 0.6 is 0 Å². The van der Waals surface area contributed by atoms with Crippen molar-refractivity contribution < 1.29 is 9.53 Å². The second kappa shape index (κ2) is 9.53. The quantitative estimate of drug-likeness (QED) is 0.684. The molecule has 1 rings (SSSR count). The number of rotatable bonds is 9. The number of hydrogen-bond acceptors (Lipinski definition) is 3. The summed E-state index contributed by atoms with van der Waals surface area (Å²) >= 11 is 0. The first-order chi connectivity index (χ1) is 9.24. The van der Waals surface area contributed by atoms with E-state index in [2.05, 4.69) is 17.4 Å². The molecule has 0 heterocycles. The normalized spacial score (nSPS) is 10.4. The van der Waals surface area contributed by atoms with Crippen molar-refractivity contribution in [1.82, 2.24) is 10.2 Å². The fourth-order valence-electron chi connectivity index (χ4n) is 1.79. The molecule has 0 atom stereocenters. The maximum Gasteiger partial charge on any atom is 0.236 e. The van der Waals surface area contributed by atoms with E-state index in [1.165, 1.54) is 5.56 Å². The van der Waals surface area contributed by atoms with Crippen molar-refractivity contribution in [2.45, 2.75) is 12.8 Å². The Labute approximate surface area is 115 Å². The molecule has 0 aliphatic heterocycles. The molecule has 0 aliphatic carbocycles. The van der Waals surface area contributed by atoms with E-state index in [4.69, 9.17) is 4.74 Å². The summed E-state index contributed by atoms with van der Waals surface area (Å²) in [5, 5.41) is 3.06. The topological polar surface area (TPSA) is 41.6 Å². The van der Waals surface area contributed by atoms with Gasteiger partial charge in [0, 0.05) is 27.2 Å². The van der Waals surface area contributed by atoms with Gasteiger partial charge >= 0.3 is 0 Å². The van der Waals surface area contributed by atoms with Crippen molar-refractivity contribution in [3.8, 4) is 0 Å². The summed E-state index contributed by atoms with van der Waals surface area (Å²) in [6.45, 7) is 2.51. The number of hydrogen-bond donors (Lipinski definition) is 1. The van der Waals surface area contributed by atoms with Gasteiger partial charge in [-0.15, -0.1) is 0 Å². The molecular weight excluding hydrogens is 240 g/mol. The second-order valence-corrected chi connectivity index (χ2v) is 4.57. The van der Waals surface area contributed by atoms with Crippen molar-refractivity contribution in [3.05, 3.63) is 35.9 Å². The van der Waals surface area contributed by atoms with Crippen LogP contribution in [0.5, 0.6) is 0 Å². The van der Waals surface area contributed by atoms with E-state index in [-0.39, 0.29) is 5.91 Å². The lowest BCUT2D eigenvalue weighted by Gasteiger charge is -2.17. The van der Waals surface area contributed by atoms with Crippen LogP contribution < -0.4 is 5.32 Å². The molecule has 4 heteroatoms. The van der Waals surface area contributed by atoms with Gasteiger partial charge in [0.25, 0.3) is 0 Å². The largest absolute Gasteiger partial charge is 0.383 e. The SMILES string of the molecule is COCCNCC(=O)N(C)CCCc1ccccc1. The molecule has 0 aliphatic rings. The highest BCUT2D eigenvalue weighted by Crippen LogP contribution is 2.02. The van der Waals surface area contributed by atoms with Gasteiger partial charge in [0.05, 0.1) is 13.2 Å². The fraction of sp³-hybridized carbons (Fsp3) is 0.533. The Morgan fingerprint density at radius 1 is 1.32 bits per heavy atom. The average Bonchev–Trinajstić information content (AvgIpc) is 2.44. The van der Waals surface area contributed by atoms with Crippen LogP contribution in [0.25, 0.3) is 0 Å². The van der Waals surface area contributed by atoms with Gasteiger partial charge in [-0.05, 0) is 18.4 Å². The van der Waals surface area contributed by atoms with Crippen LogP contribution in [0, 0.1) is 0 Å². The first-order valence-electron chi connectivity index (χ1n) is 6.71. The van der Waals surface area contributed by atoms with E-state index in [1.54, 1.807) is 12.0 Å². The predicted octanol–water partition coefficient (Wildman–Crippen LogP) is 1.31. The number of carbonyl (C=O) groups excluding carboxylic acids is 1. The first-order valence-corrected chi connectivity index (χ1v) is 6.71. The number of ether oxygens (including phenoxy) is 1. The van der Waals surface area contributed by atoms with Crippen molar-refractivity contribution in [3.63, 3.8) is 0 Å². The minimum absolute atomic E-state index is 0.129. The number of carbonyl (C=O) groups is 1. The molecule has 1 aromatic rings. The standard InChI is InChI=1S/C15H24N2O2/c1-17(15(18)13-16-10-12-19-2)11-6-9-14-7-4-3-5-8-14/h3-5,7-8,16H,6,9-13H2,1-2H3. The molecule has 19 heavy (non-hydrogen) atoms. The minimum Gasteiger partial charge on any atom is -0.383 e. The zero-order valence-corrected chi connectivity index (χ0v) is 11.9. The highest BCUT2D eigenvalue weighted by Gasteiger charge is 2.07. The van der Waals surface area contributed by atoms with Crippen molar-refractivity contribution in [2.24, 2.45) is 0 Å². The number of nitrogens with one attached hydrogen (secondary N) is 1. The van der Waals surface area contributed by atoms with Gasteiger partial charge in [0.1, 0.15) is 0 Å². The Hall–Kier alpha value is -1.39. The second-order valence-electron chi connectivity index (χ2n) is 4.57. The third-order valence-electron chi connectivity index (χ3n) is 2.99. The molecule has 0 bridgehead atoms. The van der Waals surface area contributed by atoms with Crippen LogP contribution in [0.3, 0.4) is 0 Å². The number of benzene rings is 1. The molecule has 0 unspecified atom stereocenters. The Bertz CT molecular complexity index is 354. The number of methoxy groups -OCH3 is 1. The molecule has 0 radical (unpaired) electrons. The molecule has 1 aromatic carbocycles. The Balaban J connectivity index is 2.12. The monoisotopic (exact) mass is 264 g/mol. The van der Waals surface area contributed by atoms with Gasteiger partial charge in [0.15, 0.2) is 0 Å². The maximum absolute atomic E-state index is 11.8.